The van der Waals surface area contributed by atoms with Gasteiger partial charge in [-0.05, 0) is 26.0 Å². The Bertz CT molecular complexity index is 874. The molecule has 1 heterocycles. The lowest BCUT2D eigenvalue weighted by molar-refractivity contribution is -0.139. The molecule has 1 aromatic heterocycles. The number of sulfone groups is 1. The predicted molar refractivity (Wildman–Crippen MR) is 99.6 cm³/mol. The second-order valence-corrected chi connectivity index (χ2v) is 8.40. The van der Waals surface area contributed by atoms with E-state index in [-0.39, 0.29) is 22.4 Å². The van der Waals surface area contributed by atoms with Crippen molar-refractivity contribution in [3.63, 3.8) is 0 Å². The van der Waals surface area contributed by atoms with Gasteiger partial charge in [-0.25, -0.2) is 8.42 Å². The summed E-state index contributed by atoms with van der Waals surface area (Å²) in [6.07, 6.45) is 1.62. The lowest BCUT2D eigenvalue weighted by Gasteiger charge is -2.08. The maximum absolute atomic E-state index is 12.6. The molecule has 2 rings (SSSR count). The molecular formula is C17H21N3O4S2. The SMILES string of the molecule is C=CCn1c(CS(=O)(=O)c2ccc(C)cc2)nnc1SCC(=O)OCC. The molecule has 0 aliphatic heterocycles. The fraction of sp³-hybridized carbons (Fsp3) is 0.353. The second-order valence-electron chi connectivity index (χ2n) is 5.46. The normalized spacial score (nSPS) is 11.3. The van der Waals surface area contributed by atoms with Crippen molar-refractivity contribution in [2.24, 2.45) is 0 Å². The van der Waals surface area contributed by atoms with Crippen LogP contribution in [0.1, 0.15) is 18.3 Å². The van der Waals surface area contributed by atoms with Crippen LogP contribution >= 0.6 is 11.8 Å². The first-order valence-corrected chi connectivity index (χ1v) is 10.6. The van der Waals surface area contributed by atoms with E-state index in [0.717, 1.165) is 17.3 Å². The average molecular weight is 396 g/mol. The number of ether oxygens (including phenoxy) is 1. The fourth-order valence-electron chi connectivity index (χ4n) is 2.17. The Hall–Kier alpha value is -2.13. The van der Waals surface area contributed by atoms with Gasteiger partial charge in [0.15, 0.2) is 15.0 Å². The van der Waals surface area contributed by atoms with Crippen LogP contribution in [-0.4, -0.2) is 41.5 Å². The number of nitrogens with zero attached hydrogens (tertiary/aromatic N) is 3. The van der Waals surface area contributed by atoms with Crippen molar-refractivity contribution >= 4 is 27.6 Å². The van der Waals surface area contributed by atoms with Gasteiger partial charge >= 0.3 is 5.97 Å². The topological polar surface area (TPSA) is 91.1 Å². The molecule has 2 aromatic rings. The summed E-state index contributed by atoms with van der Waals surface area (Å²) in [5, 5.41) is 8.47. The standard InChI is InChI=1S/C17H21N3O4S2/c1-4-10-20-15(18-19-17(20)25-11-16(21)24-5-2)12-26(22,23)14-8-6-13(3)7-9-14/h4,6-9H,1,5,10-12H2,2-3H3. The van der Waals surface area contributed by atoms with E-state index in [0.29, 0.717) is 24.1 Å². The van der Waals surface area contributed by atoms with Gasteiger partial charge in [0.25, 0.3) is 0 Å². The van der Waals surface area contributed by atoms with Gasteiger partial charge in [0.2, 0.25) is 0 Å². The Morgan fingerprint density at radius 3 is 2.62 bits per heavy atom. The van der Waals surface area contributed by atoms with Gasteiger partial charge in [0, 0.05) is 6.54 Å². The Balaban J connectivity index is 2.22. The second kappa shape index (κ2) is 9.00. The first-order valence-electron chi connectivity index (χ1n) is 7.98. The summed E-state index contributed by atoms with van der Waals surface area (Å²) >= 11 is 1.15. The molecule has 0 saturated heterocycles. The van der Waals surface area contributed by atoms with E-state index in [1.54, 1.807) is 41.8 Å². The minimum Gasteiger partial charge on any atom is -0.465 e. The maximum Gasteiger partial charge on any atom is 0.316 e. The van der Waals surface area contributed by atoms with Crippen LogP contribution in [0.2, 0.25) is 0 Å². The van der Waals surface area contributed by atoms with E-state index < -0.39 is 9.84 Å². The number of thioether (sulfide) groups is 1. The summed E-state index contributed by atoms with van der Waals surface area (Å²) < 4.78 is 31.8. The lowest BCUT2D eigenvalue weighted by atomic mass is 10.2. The molecule has 0 fully saturated rings. The summed E-state index contributed by atoms with van der Waals surface area (Å²) in [6, 6.07) is 6.66. The number of carbonyl (C=O) groups excluding carboxylic acids is 1. The van der Waals surface area contributed by atoms with Gasteiger partial charge in [0.1, 0.15) is 11.6 Å². The molecule has 0 aliphatic rings. The number of esters is 1. The van der Waals surface area contributed by atoms with Crippen molar-refractivity contribution in [3.05, 3.63) is 48.3 Å². The summed E-state index contributed by atoms with van der Waals surface area (Å²) in [5.74, 6) is -0.263. The number of aryl methyl sites for hydroxylation is 1. The molecule has 0 radical (unpaired) electrons. The van der Waals surface area contributed by atoms with Crippen LogP contribution in [0.5, 0.6) is 0 Å². The van der Waals surface area contributed by atoms with Crippen LogP contribution < -0.4 is 0 Å². The summed E-state index contributed by atoms with van der Waals surface area (Å²) in [5.41, 5.74) is 0.983. The highest BCUT2D eigenvalue weighted by Crippen LogP contribution is 2.21. The van der Waals surface area contributed by atoms with Crippen LogP contribution in [0, 0.1) is 6.92 Å². The molecule has 0 N–H and O–H groups in total. The van der Waals surface area contributed by atoms with E-state index in [1.807, 2.05) is 6.92 Å². The zero-order valence-electron chi connectivity index (χ0n) is 14.7. The molecular weight excluding hydrogens is 374 g/mol. The van der Waals surface area contributed by atoms with Crippen LogP contribution in [0.15, 0.2) is 47.0 Å². The monoisotopic (exact) mass is 395 g/mol. The van der Waals surface area contributed by atoms with Crippen molar-refractivity contribution in [3.8, 4) is 0 Å². The highest BCUT2D eigenvalue weighted by atomic mass is 32.2. The first-order chi connectivity index (χ1) is 12.4. The van der Waals surface area contributed by atoms with E-state index in [2.05, 4.69) is 16.8 Å². The first kappa shape index (κ1) is 20.2. The summed E-state index contributed by atoms with van der Waals surface area (Å²) in [6.45, 7) is 7.95. The third-order valence-corrected chi connectivity index (χ3v) is 6.00. The summed E-state index contributed by atoms with van der Waals surface area (Å²) in [4.78, 5) is 11.8. The molecule has 0 aliphatic carbocycles. The molecule has 0 saturated carbocycles. The largest absolute Gasteiger partial charge is 0.465 e. The van der Waals surface area contributed by atoms with Gasteiger partial charge in [-0.3, -0.25) is 4.79 Å². The van der Waals surface area contributed by atoms with Crippen molar-refractivity contribution in [1.82, 2.24) is 14.8 Å². The molecule has 140 valence electrons. The average Bonchev–Trinajstić information content (AvgIpc) is 2.95. The number of hydrogen-bond acceptors (Lipinski definition) is 7. The number of carbonyl (C=O) groups is 1. The maximum atomic E-state index is 12.6. The van der Waals surface area contributed by atoms with E-state index in [9.17, 15) is 13.2 Å². The molecule has 0 spiro atoms. The van der Waals surface area contributed by atoms with Gasteiger partial charge in [0.05, 0.1) is 17.3 Å². The number of benzene rings is 1. The zero-order valence-corrected chi connectivity index (χ0v) is 16.3. The van der Waals surface area contributed by atoms with Gasteiger partial charge in [-0.2, -0.15) is 0 Å². The zero-order chi connectivity index (χ0) is 19.2. The number of aromatic nitrogens is 3. The van der Waals surface area contributed by atoms with E-state index in [4.69, 9.17) is 4.74 Å². The Morgan fingerprint density at radius 1 is 1.31 bits per heavy atom. The summed E-state index contributed by atoms with van der Waals surface area (Å²) in [7, 11) is -3.56. The van der Waals surface area contributed by atoms with Crippen LogP contribution in [0.25, 0.3) is 0 Å². The number of rotatable bonds is 9. The van der Waals surface area contributed by atoms with Gasteiger partial charge in [-0.15, -0.1) is 16.8 Å². The molecule has 0 bridgehead atoms. The highest BCUT2D eigenvalue weighted by molar-refractivity contribution is 7.99. The minimum absolute atomic E-state index is 0.0772. The highest BCUT2D eigenvalue weighted by Gasteiger charge is 2.21. The van der Waals surface area contributed by atoms with Crippen molar-refractivity contribution in [1.29, 1.82) is 0 Å². The molecule has 0 unspecified atom stereocenters. The van der Waals surface area contributed by atoms with Crippen molar-refractivity contribution in [2.75, 3.05) is 12.4 Å². The third kappa shape index (κ3) is 5.18. The Kier molecular flexibility index (Phi) is 6.98. The third-order valence-electron chi connectivity index (χ3n) is 3.43. The molecule has 0 amide bonds. The van der Waals surface area contributed by atoms with Crippen molar-refractivity contribution in [2.45, 2.75) is 36.2 Å². The molecule has 9 heteroatoms. The molecule has 26 heavy (non-hydrogen) atoms. The van der Waals surface area contributed by atoms with Gasteiger partial charge in [-0.1, -0.05) is 35.5 Å². The quantitative estimate of drug-likeness (QED) is 0.366. The van der Waals surface area contributed by atoms with E-state index >= 15 is 0 Å². The molecule has 0 atom stereocenters. The van der Waals surface area contributed by atoms with Gasteiger partial charge < -0.3 is 9.30 Å². The number of allylic oxidation sites excluding steroid dienone is 1. The van der Waals surface area contributed by atoms with Crippen LogP contribution in [0.4, 0.5) is 0 Å². The lowest BCUT2D eigenvalue weighted by Crippen LogP contribution is -2.12. The fourth-order valence-corrected chi connectivity index (χ4v) is 4.21. The predicted octanol–water partition coefficient (Wildman–Crippen LogP) is 2.40. The molecule has 7 nitrogen and oxygen atoms in total. The minimum atomic E-state index is -3.56. The molecule has 1 aromatic carbocycles. The smallest absolute Gasteiger partial charge is 0.316 e. The number of hydrogen-bond donors (Lipinski definition) is 0. The van der Waals surface area contributed by atoms with Crippen LogP contribution in [0.3, 0.4) is 0 Å². The van der Waals surface area contributed by atoms with E-state index in [1.165, 1.54) is 0 Å². The van der Waals surface area contributed by atoms with Crippen molar-refractivity contribution < 1.29 is 17.9 Å². The Labute approximate surface area is 157 Å². The Morgan fingerprint density at radius 2 is 2.00 bits per heavy atom. The van der Waals surface area contributed by atoms with Crippen LogP contribution in [-0.2, 0) is 31.7 Å².